The average Bonchev–Trinajstić information content (AvgIpc) is 2.82. The number of benzene rings is 2. The van der Waals surface area contributed by atoms with Crippen LogP contribution < -0.4 is 4.90 Å². The van der Waals surface area contributed by atoms with Crippen molar-refractivity contribution in [3.8, 4) is 0 Å². The molecule has 1 aliphatic rings. The Morgan fingerprint density at radius 3 is 2.12 bits per heavy atom. The van der Waals surface area contributed by atoms with Crippen LogP contribution in [-0.2, 0) is 15.8 Å². The van der Waals surface area contributed by atoms with Crippen LogP contribution in [0, 0.1) is 0 Å². The lowest BCUT2D eigenvalue weighted by Crippen LogP contribution is -2.28. The van der Waals surface area contributed by atoms with Gasteiger partial charge in [-0.25, -0.2) is 4.90 Å². The number of anilines is 1. The van der Waals surface area contributed by atoms with E-state index < -0.39 is 17.6 Å². The van der Waals surface area contributed by atoms with E-state index in [0.717, 1.165) is 17.0 Å². The van der Waals surface area contributed by atoms with E-state index in [4.69, 9.17) is 0 Å². The molecule has 0 aliphatic carbocycles. The normalized spacial score (nSPS) is 17.0. The predicted molar refractivity (Wildman–Crippen MR) is 83.0 cm³/mol. The van der Waals surface area contributed by atoms with Crippen LogP contribution in [0.4, 0.5) is 18.9 Å². The maximum Gasteiger partial charge on any atom is 0.416 e. The van der Waals surface area contributed by atoms with E-state index in [9.17, 15) is 22.8 Å². The minimum absolute atomic E-state index is 0.0747. The van der Waals surface area contributed by atoms with Crippen molar-refractivity contribution < 1.29 is 22.8 Å². The number of carbonyl (C=O) groups is 2. The van der Waals surface area contributed by atoms with Gasteiger partial charge in [-0.2, -0.15) is 13.2 Å². The third-order valence-corrected chi connectivity index (χ3v) is 3.66. The minimum Gasteiger partial charge on any atom is -0.274 e. The van der Waals surface area contributed by atoms with Gasteiger partial charge in [0.1, 0.15) is 0 Å². The molecule has 1 fully saturated rings. The molecule has 3 rings (SSSR count). The second-order valence-corrected chi connectivity index (χ2v) is 5.34. The quantitative estimate of drug-likeness (QED) is 0.615. The molecular weight excluding hydrogens is 319 g/mol. The van der Waals surface area contributed by atoms with Gasteiger partial charge in [-0.05, 0) is 35.9 Å². The second kappa shape index (κ2) is 5.96. The summed E-state index contributed by atoms with van der Waals surface area (Å²) in [7, 11) is 0. The predicted octanol–water partition coefficient (Wildman–Crippen LogP) is 4.05. The van der Waals surface area contributed by atoms with Crippen molar-refractivity contribution in [2.24, 2.45) is 0 Å². The Bertz CT molecular complexity index is 808. The Kier molecular flexibility index (Phi) is 3.97. The van der Waals surface area contributed by atoms with E-state index in [1.807, 2.05) is 0 Å². The van der Waals surface area contributed by atoms with Gasteiger partial charge in [-0.3, -0.25) is 9.59 Å². The Balaban J connectivity index is 1.87. The van der Waals surface area contributed by atoms with Crippen molar-refractivity contribution in [1.82, 2.24) is 0 Å². The fourth-order valence-corrected chi connectivity index (χ4v) is 2.50. The number of carbonyl (C=O) groups excluding carboxylic acids is 2. The van der Waals surface area contributed by atoms with Gasteiger partial charge in [0.15, 0.2) is 0 Å². The molecule has 6 heteroatoms. The summed E-state index contributed by atoms with van der Waals surface area (Å²) in [5.74, 6) is -0.810. The highest BCUT2D eigenvalue weighted by Gasteiger charge is 2.35. The summed E-state index contributed by atoms with van der Waals surface area (Å²) in [6.07, 6.45) is -3.03. The standard InChI is InChI=1S/C18H12F3NO2/c19-18(20,21)14-8-6-12(7-9-14)10-13-11-16(23)22(17(13)24)15-4-2-1-3-5-15/h1-10H,11H2/b13-10+. The average molecular weight is 331 g/mol. The Hall–Kier alpha value is -2.89. The number of halogens is 3. The molecule has 0 bridgehead atoms. The summed E-state index contributed by atoms with van der Waals surface area (Å²) in [4.78, 5) is 25.6. The van der Waals surface area contributed by atoms with E-state index in [0.29, 0.717) is 11.3 Å². The van der Waals surface area contributed by atoms with Crippen LogP contribution >= 0.6 is 0 Å². The van der Waals surface area contributed by atoms with Crippen LogP contribution in [-0.4, -0.2) is 11.8 Å². The number of hydrogen-bond donors (Lipinski definition) is 0. The van der Waals surface area contributed by atoms with Gasteiger partial charge < -0.3 is 0 Å². The molecule has 0 N–H and O–H groups in total. The van der Waals surface area contributed by atoms with Crippen LogP contribution in [0.25, 0.3) is 6.08 Å². The molecule has 3 nitrogen and oxygen atoms in total. The molecule has 122 valence electrons. The van der Waals surface area contributed by atoms with Gasteiger partial charge in [0.25, 0.3) is 5.91 Å². The molecule has 0 atom stereocenters. The van der Waals surface area contributed by atoms with Crippen molar-refractivity contribution >= 4 is 23.6 Å². The SMILES string of the molecule is O=C1C/C(=C\c2ccc(C(F)(F)F)cc2)C(=O)N1c1ccccc1. The molecule has 1 aliphatic heterocycles. The van der Waals surface area contributed by atoms with Crippen LogP contribution in [0.1, 0.15) is 17.5 Å². The van der Waals surface area contributed by atoms with Crippen LogP contribution in [0.15, 0.2) is 60.2 Å². The lowest BCUT2D eigenvalue weighted by Gasteiger charge is -2.12. The monoisotopic (exact) mass is 331 g/mol. The highest BCUT2D eigenvalue weighted by molar-refractivity contribution is 6.29. The summed E-state index contributed by atoms with van der Waals surface area (Å²) < 4.78 is 37.7. The van der Waals surface area contributed by atoms with Gasteiger partial charge in [-0.15, -0.1) is 0 Å². The Morgan fingerprint density at radius 1 is 0.917 bits per heavy atom. The molecule has 2 amide bonds. The molecule has 1 heterocycles. The van der Waals surface area contributed by atoms with E-state index >= 15 is 0 Å². The lowest BCUT2D eigenvalue weighted by molar-refractivity contribution is -0.137. The zero-order valence-corrected chi connectivity index (χ0v) is 12.4. The molecular formula is C18H12F3NO2. The molecule has 24 heavy (non-hydrogen) atoms. The number of nitrogens with zero attached hydrogens (tertiary/aromatic N) is 1. The highest BCUT2D eigenvalue weighted by atomic mass is 19.4. The first-order chi connectivity index (χ1) is 11.4. The summed E-state index contributed by atoms with van der Waals surface area (Å²) in [6, 6.07) is 12.9. The summed E-state index contributed by atoms with van der Waals surface area (Å²) >= 11 is 0. The smallest absolute Gasteiger partial charge is 0.274 e. The van der Waals surface area contributed by atoms with Crippen molar-refractivity contribution in [1.29, 1.82) is 0 Å². The number of para-hydroxylation sites is 1. The fraction of sp³-hybridized carbons (Fsp3) is 0.111. The Labute approximate surface area is 136 Å². The summed E-state index contributed by atoms with van der Waals surface area (Å²) in [5.41, 5.74) is 0.408. The molecule has 2 aromatic carbocycles. The van der Waals surface area contributed by atoms with E-state index in [1.165, 1.54) is 18.2 Å². The number of alkyl halides is 3. The van der Waals surface area contributed by atoms with Crippen molar-refractivity contribution in [3.05, 3.63) is 71.3 Å². The van der Waals surface area contributed by atoms with Gasteiger partial charge >= 0.3 is 6.18 Å². The van der Waals surface area contributed by atoms with Gasteiger partial charge in [0, 0.05) is 5.57 Å². The van der Waals surface area contributed by atoms with Gasteiger partial charge in [0.05, 0.1) is 17.7 Å². The van der Waals surface area contributed by atoms with Gasteiger partial charge in [0.2, 0.25) is 5.91 Å². The van der Waals surface area contributed by atoms with E-state index in [-0.39, 0.29) is 17.9 Å². The molecule has 0 unspecified atom stereocenters. The largest absolute Gasteiger partial charge is 0.416 e. The zero-order valence-electron chi connectivity index (χ0n) is 12.4. The van der Waals surface area contributed by atoms with Crippen molar-refractivity contribution in [3.63, 3.8) is 0 Å². The third-order valence-electron chi connectivity index (χ3n) is 3.66. The van der Waals surface area contributed by atoms with Crippen LogP contribution in [0.5, 0.6) is 0 Å². The number of amides is 2. The van der Waals surface area contributed by atoms with E-state index in [1.54, 1.807) is 30.3 Å². The summed E-state index contributed by atoms with van der Waals surface area (Å²) in [6.45, 7) is 0. The lowest BCUT2D eigenvalue weighted by atomic mass is 10.1. The molecule has 0 aromatic heterocycles. The topological polar surface area (TPSA) is 37.4 Å². The van der Waals surface area contributed by atoms with Crippen molar-refractivity contribution in [2.45, 2.75) is 12.6 Å². The first-order valence-electron chi connectivity index (χ1n) is 7.16. The molecule has 0 spiro atoms. The minimum atomic E-state index is -4.41. The zero-order chi connectivity index (χ0) is 17.3. The molecule has 0 saturated carbocycles. The highest BCUT2D eigenvalue weighted by Crippen LogP contribution is 2.30. The number of hydrogen-bond acceptors (Lipinski definition) is 2. The maximum absolute atomic E-state index is 12.6. The summed E-state index contributed by atoms with van der Waals surface area (Å²) in [5, 5.41) is 0. The first kappa shape index (κ1) is 16.0. The first-order valence-corrected chi connectivity index (χ1v) is 7.16. The third kappa shape index (κ3) is 3.08. The van der Waals surface area contributed by atoms with Crippen LogP contribution in [0.2, 0.25) is 0 Å². The fourth-order valence-electron chi connectivity index (χ4n) is 2.50. The van der Waals surface area contributed by atoms with Gasteiger partial charge in [-0.1, -0.05) is 30.3 Å². The molecule has 0 radical (unpaired) electrons. The van der Waals surface area contributed by atoms with Crippen LogP contribution in [0.3, 0.4) is 0 Å². The number of rotatable bonds is 2. The maximum atomic E-state index is 12.6. The van der Waals surface area contributed by atoms with Crippen molar-refractivity contribution in [2.75, 3.05) is 4.90 Å². The molecule has 1 saturated heterocycles. The second-order valence-electron chi connectivity index (χ2n) is 5.34. The molecule has 2 aromatic rings. The Morgan fingerprint density at radius 2 is 1.54 bits per heavy atom. The van der Waals surface area contributed by atoms with E-state index in [2.05, 4.69) is 0 Å². The number of imide groups is 1.